The van der Waals surface area contributed by atoms with Crippen LogP contribution >= 0.6 is 11.3 Å². The Morgan fingerprint density at radius 3 is 2.70 bits per heavy atom. The zero-order valence-electron chi connectivity index (χ0n) is 16.5. The molecule has 1 unspecified atom stereocenters. The van der Waals surface area contributed by atoms with E-state index in [0.717, 1.165) is 35.1 Å². The molecule has 0 fully saturated rings. The number of nitrogens with zero attached hydrogens (tertiary/aromatic N) is 2. The highest BCUT2D eigenvalue weighted by Gasteiger charge is 2.10. The number of rotatable bonds is 8. The van der Waals surface area contributed by atoms with Gasteiger partial charge in [-0.15, -0.1) is 11.3 Å². The zero-order valence-corrected chi connectivity index (χ0v) is 17.3. The van der Waals surface area contributed by atoms with Crippen LogP contribution in [0.5, 0.6) is 0 Å². The molecule has 0 radical (unpaired) electrons. The number of aryl methyl sites for hydroxylation is 1. The number of hydrogen-bond acceptors (Lipinski definition) is 4. The van der Waals surface area contributed by atoms with E-state index in [4.69, 9.17) is 0 Å². The first-order chi connectivity index (χ1) is 13.0. The Labute approximate surface area is 165 Å². The minimum absolute atomic E-state index is 0.00824. The molecular weight excluding hydrogens is 358 g/mol. The molecule has 0 saturated heterocycles. The fourth-order valence-corrected chi connectivity index (χ4v) is 3.17. The Morgan fingerprint density at radius 1 is 1.26 bits per heavy atom. The number of anilines is 1. The fraction of sp³-hybridized carbons (Fsp3) is 0.450. The smallest absolute Gasteiger partial charge is 0.227 e. The van der Waals surface area contributed by atoms with Crippen molar-refractivity contribution >= 4 is 28.9 Å². The average Bonchev–Trinajstić information content (AvgIpc) is 3.15. The maximum absolute atomic E-state index is 12.0. The average molecular weight is 388 g/mol. The van der Waals surface area contributed by atoms with Crippen LogP contribution in [0.2, 0.25) is 0 Å². The summed E-state index contributed by atoms with van der Waals surface area (Å²) in [6.45, 7) is 7.34. The number of aliphatic imine (C=N–C) groups is 1. The number of hydrogen-bond donors (Lipinski definition) is 3. The maximum Gasteiger partial charge on any atom is 0.227 e. The molecule has 1 atom stereocenters. The summed E-state index contributed by atoms with van der Waals surface area (Å²) in [5.41, 5.74) is 1.89. The van der Waals surface area contributed by atoms with Gasteiger partial charge in [0.2, 0.25) is 5.91 Å². The molecule has 1 aromatic carbocycles. The summed E-state index contributed by atoms with van der Waals surface area (Å²) in [4.78, 5) is 22.0. The maximum atomic E-state index is 12.0. The number of aromatic nitrogens is 1. The zero-order chi connectivity index (χ0) is 19.6. The third kappa shape index (κ3) is 6.67. The monoisotopic (exact) mass is 387 g/mol. The Kier molecular flexibility index (Phi) is 8.26. The molecule has 0 aliphatic rings. The van der Waals surface area contributed by atoms with Gasteiger partial charge in [-0.25, -0.2) is 4.98 Å². The van der Waals surface area contributed by atoms with Gasteiger partial charge in [-0.1, -0.05) is 32.9 Å². The van der Waals surface area contributed by atoms with E-state index in [2.05, 4.69) is 32.9 Å². The van der Waals surface area contributed by atoms with E-state index in [-0.39, 0.29) is 11.8 Å². The van der Waals surface area contributed by atoms with Crippen molar-refractivity contribution in [3.05, 3.63) is 45.9 Å². The summed E-state index contributed by atoms with van der Waals surface area (Å²) < 4.78 is 0. The molecule has 0 spiro atoms. The summed E-state index contributed by atoms with van der Waals surface area (Å²) in [6, 6.07) is 7.86. The van der Waals surface area contributed by atoms with Crippen LogP contribution in [0.25, 0.3) is 0 Å². The second kappa shape index (κ2) is 10.7. The quantitative estimate of drug-likeness (QED) is 0.478. The molecule has 0 bridgehead atoms. The van der Waals surface area contributed by atoms with Crippen LogP contribution in [0, 0.1) is 5.92 Å². The lowest BCUT2D eigenvalue weighted by atomic mass is 10.1. The van der Waals surface area contributed by atoms with Gasteiger partial charge in [-0.3, -0.25) is 9.79 Å². The second-order valence-corrected chi connectivity index (χ2v) is 7.55. The Hall–Kier alpha value is -2.41. The minimum atomic E-state index is 0.00824. The molecule has 1 amide bonds. The van der Waals surface area contributed by atoms with Crippen molar-refractivity contribution in [3.8, 4) is 0 Å². The van der Waals surface area contributed by atoms with Gasteiger partial charge in [0.05, 0.1) is 6.54 Å². The second-order valence-electron chi connectivity index (χ2n) is 6.35. The summed E-state index contributed by atoms with van der Waals surface area (Å²) in [5.74, 6) is 0.779. The van der Waals surface area contributed by atoms with Gasteiger partial charge in [-0.05, 0) is 30.5 Å². The number of guanidine groups is 1. The van der Waals surface area contributed by atoms with Crippen LogP contribution in [0.15, 0.2) is 35.5 Å². The molecule has 2 rings (SSSR count). The molecule has 0 aliphatic carbocycles. The molecule has 0 aliphatic heterocycles. The van der Waals surface area contributed by atoms with E-state index in [1.165, 1.54) is 4.88 Å². The Balaban J connectivity index is 1.86. The van der Waals surface area contributed by atoms with Gasteiger partial charge >= 0.3 is 0 Å². The van der Waals surface area contributed by atoms with E-state index in [9.17, 15) is 4.79 Å². The molecule has 0 saturated carbocycles. The predicted molar refractivity (Wildman–Crippen MR) is 113 cm³/mol. The van der Waals surface area contributed by atoms with Gasteiger partial charge in [0, 0.05) is 36.3 Å². The van der Waals surface area contributed by atoms with Crippen molar-refractivity contribution in [1.82, 2.24) is 15.6 Å². The van der Waals surface area contributed by atoms with E-state index in [1.807, 2.05) is 44.3 Å². The van der Waals surface area contributed by atoms with Crippen LogP contribution in [-0.2, 0) is 24.3 Å². The number of benzene rings is 1. The van der Waals surface area contributed by atoms with Crippen molar-refractivity contribution in [2.75, 3.05) is 12.4 Å². The van der Waals surface area contributed by atoms with E-state index < -0.39 is 0 Å². The molecule has 3 N–H and O–H groups in total. The first-order valence-electron chi connectivity index (χ1n) is 9.33. The van der Waals surface area contributed by atoms with E-state index >= 15 is 0 Å². The molecule has 27 heavy (non-hydrogen) atoms. The number of carbonyl (C=O) groups is 1. The molecular formula is C20H29N5OS. The van der Waals surface area contributed by atoms with Gasteiger partial charge < -0.3 is 16.0 Å². The molecule has 146 valence electrons. The van der Waals surface area contributed by atoms with Gasteiger partial charge in [-0.2, -0.15) is 0 Å². The van der Waals surface area contributed by atoms with Crippen LogP contribution in [0.4, 0.5) is 5.69 Å². The first kappa shape index (κ1) is 20.9. The highest BCUT2D eigenvalue weighted by molar-refractivity contribution is 7.11. The van der Waals surface area contributed by atoms with E-state index in [1.54, 1.807) is 18.4 Å². The highest BCUT2D eigenvalue weighted by atomic mass is 32.1. The van der Waals surface area contributed by atoms with Crippen LogP contribution in [0.3, 0.4) is 0 Å². The lowest BCUT2D eigenvalue weighted by molar-refractivity contribution is -0.119. The van der Waals surface area contributed by atoms with Crippen LogP contribution in [-0.4, -0.2) is 23.9 Å². The normalized spacial score (nSPS) is 12.5. The summed E-state index contributed by atoms with van der Waals surface area (Å²) in [5, 5.41) is 10.6. The minimum Gasteiger partial charge on any atom is -0.352 e. The number of nitrogens with one attached hydrogen (secondary N) is 3. The van der Waals surface area contributed by atoms with Crippen LogP contribution < -0.4 is 16.0 Å². The van der Waals surface area contributed by atoms with Crippen molar-refractivity contribution in [1.29, 1.82) is 0 Å². The van der Waals surface area contributed by atoms with Crippen LogP contribution in [0.1, 0.15) is 42.6 Å². The molecule has 1 heterocycles. The third-order valence-corrected chi connectivity index (χ3v) is 5.44. The lowest BCUT2D eigenvalue weighted by Gasteiger charge is -2.13. The predicted octanol–water partition coefficient (Wildman–Crippen LogP) is 3.56. The van der Waals surface area contributed by atoms with Gasteiger partial charge in [0.1, 0.15) is 5.01 Å². The third-order valence-electron chi connectivity index (χ3n) is 4.30. The molecule has 7 heteroatoms. The topological polar surface area (TPSA) is 78.4 Å². The van der Waals surface area contributed by atoms with Crippen molar-refractivity contribution in [3.63, 3.8) is 0 Å². The van der Waals surface area contributed by atoms with Crippen molar-refractivity contribution in [2.45, 2.75) is 46.7 Å². The molecule has 2 aromatic rings. The van der Waals surface area contributed by atoms with Crippen molar-refractivity contribution in [2.24, 2.45) is 10.9 Å². The Morgan fingerprint density at radius 2 is 2.04 bits per heavy atom. The van der Waals surface area contributed by atoms with E-state index in [0.29, 0.717) is 13.1 Å². The largest absolute Gasteiger partial charge is 0.352 e. The molecule has 1 aromatic heterocycles. The Bertz CT molecular complexity index is 771. The summed E-state index contributed by atoms with van der Waals surface area (Å²) in [7, 11) is 1.75. The lowest BCUT2D eigenvalue weighted by Crippen LogP contribution is -2.36. The summed E-state index contributed by atoms with van der Waals surface area (Å²) >= 11 is 1.71. The molecule has 6 nitrogen and oxygen atoms in total. The highest BCUT2D eigenvalue weighted by Crippen LogP contribution is 2.14. The summed E-state index contributed by atoms with van der Waals surface area (Å²) in [6.07, 6.45) is 3.76. The SMILES string of the molecule is CCc1cnc(CNC(=NC)NCc2cccc(NC(=O)C(C)CC)c2)s1. The standard InChI is InChI=1S/C20H29N5OS/c1-5-14(3)19(26)25-16-9-7-8-15(10-16)11-23-20(21-4)24-13-18-22-12-17(6-2)27-18/h7-10,12,14H,5-6,11,13H2,1-4H3,(H,25,26)(H2,21,23,24). The first-order valence-corrected chi connectivity index (χ1v) is 10.1. The fourth-order valence-electron chi connectivity index (χ4n) is 2.37. The number of thiazole rings is 1. The number of carbonyl (C=O) groups excluding carboxylic acids is 1. The van der Waals surface area contributed by atoms with Gasteiger partial charge in [0.15, 0.2) is 5.96 Å². The number of amides is 1. The van der Waals surface area contributed by atoms with Crippen molar-refractivity contribution < 1.29 is 4.79 Å². The van der Waals surface area contributed by atoms with Gasteiger partial charge in [0.25, 0.3) is 0 Å².